The van der Waals surface area contributed by atoms with Gasteiger partial charge in [-0.2, -0.15) is 0 Å². The van der Waals surface area contributed by atoms with Crippen LogP contribution in [0.5, 0.6) is 0 Å². The summed E-state index contributed by atoms with van der Waals surface area (Å²) in [4.78, 5) is 17.6. The maximum absolute atomic E-state index is 4.80. The highest BCUT2D eigenvalue weighted by Gasteiger charge is 2.10. The molecule has 4 aromatic rings. The summed E-state index contributed by atoms with van der Waals surface area (Å²) in [6.07, 6.45) is 9.98. The number of aryl methyl sites for hydroxylation is 1. The predicted molar refractivity (Wildman–Crippen MR) is 127 cm³/mol. The molecular weight excluding hydrogens is 382 g/mol. The van der Waals surface area contributed by atoms with Gasteiger partial charge in [0.15, 0.2) is 0 Å². The van der Waals surface area contributed by atoms with Crippen LogP contribution < -0.4 is 0 Å². The van der Waals surface area contributed by atoms with Gasteiger partial charge in [0.05, 0.1) is 34.0 Å². The van der Waals surface area contributed by atoms with E-state index in [2.05, 4.69) is 51.9 Å². The van der Waals surface area contributed by atoms with Crippen LogP contribution >= 0.6 is 0 Å². The SMILES string of the molecule is Cn1c2cc3nc(cc4ccc(cc5nc(cc1c(-c1ccccn1)c2)C=C5)[nH]4)C=C3. The van der Waals surface area contributed by atoms with Crippen molar-refractivity contribution in [2.24, 2.45) is 7.05 Å². The lowest BCUT2D eigenvalue weighted by Crippen LogP contribution is -1.88. The van der Waals surface area contributed by atoms with Crippen molar-refractivity contribution in [3.8, 4) is 11.3 Å². The molecule has 148 valence electrons. The molecule has 4 aromatic heterocycles. The van der Waals surface area contributed by atoms with E-state index >= 15 is 0 Å². The minimum Gasteiger partial charge on any atom is -0.355 e. The van der Waals surface area contributed by atoms with E-state index in [4.69, 9.17) is 9.97 Å². The second-order valence-electron chi connectivity index (χ2n) is 7.68. The van der Waals surface area contributed by atoms with Gasteiger partial charge in [0.25, 0.3) is 0 Å². The van der Waals surface area contributed by atoms with Gasteiger partial charge < -0.3 is 9.55 Å². The van der Waals surface area contributed by atoms with Crippen LogP contribution in [0.25, 0.3) is 57.6 Å². The smallest absolute Gasteiger partial charge is 0.0723 e. The molecule has 1 N–H and O–H groups in total. The molecule has 31 heavy (non-hydrogen) atoms. The van der Waals surface area contributed by atoms with Crippen molar-refractivity contribution in [1.82, 2.24) is 24.5 Å². The summed E-state index contributed by atoms with van der Waals surface area (Å²) in [5, 5.41) is 0. The fraction of sp³-hybridized carbons (Fsp3) is 0.0385. The van der Waals surface area contributed by atoms with Crippen molar-refractivity contribution in [3.05, 3.63) is 89.6 Å². The molecule has 6 rings (SSSR count). The Balaban J connectivity index is 1.72. The molecule has 8 bridgehead atoms. The minimum absolute atomic E-state index is 0.912. The van der Waals surface area contributed by atoms with E-state index in [0.29, 0.717) is 0 Å². The topological polar surface area (TPSA) is 59.4 Å². The maximum atomic E-state index is 4.80. The largest absolute Gasteiger partial charge is 0.355 e. The van der Waals surface area contributed by atoms with Crippen LogP contribution in [0.1, 0.15) is 22.8 Å². The third kappa shape index (κ3) is 3.26. The summed E-state index contributed by atoms with van der Waals surface area (Å²) in [7, 11) is 2.07. The second-order valence-corrected chi connectivity index (χ2v) is 7.68. The first-order chi connectivity index (χ1) is 15.2. The fourth-order valence-corrected chi connectivity index (χ4v) is 4.00. The molecule has 0 saturated heterocycles. The Morgan fingerprint density at radius 2 is 1.35 bits per heavy atom. The van der Waals surface area contributed by atoms with Gasteiger partial charge in [0, 0.05) is 35.4 Å². The third-order valence-corrected chi connectivity index (χ3v) is 5.54. The average molecular weight is 401 g/mol. The van der Waals surface area contributed by atoms with Crippen molar-refractivity contribution < 1.29 is 0 Å². The number of hydrogen-bond donors (Lipinski definition) is 1. The zero-order valence-electron chi connectivity index (χ0n) is 16.9. The quantitative estimate of drug-likeness (QED) is 0.383. The van der Waals surface area contributed by atoms with Gasteiger partial charge >= 0.3 is 0 Å². The van der Waals surface area contributed by atoms with Crippen LogP contribution in [-0.2, 0) is 7.05 Å². The van der Waals surface area contributed by atoms with Crippen LogP contribution in [0, 0.1) is 0 Å². The summed E-state index contributed by atoms with van der Waals surface area (Å²) in [5.74, 6) is 0. The predicted octanol–water partition coefficient (Wildman–Crippen LogP) is 5.73. The highest BCUT2D eigenvalue weighted by atomic mass is 14.9. The molecule has 0 aliphatic carbocycles. The molecule has 2 aliphatic heterocycles. The van der Waals surface area contributed by atoms with Crippen molar-refractivity contribution in [2.75, 3.05) is 0 Å². The lowest BCUT2D eigenvalue weighted by atomic mass is 10.1. The van der Waals surface area contributed by atoms with Crippen molar-refractivity contribution in [2.45, 2.75) is 0 Å². The number of fused-ring (bicyclic) bond motifs is 8. The Hall–Kier alpha value is -4.25. The molecule has 0 atom stereocenters. The average Bonchev–Trinajstić information content (AvgIpc) is 3.56. The normalized spacial score (nSPS) is 12.4. The molecule has 0 saturated carbocycles. The van der Waals surface area contributed by atoms with E-state index in [-0.39, 0.29) is 0 Å². The first-order valence-corrected chi connectivity index (χ1v) is 10.2. The molecule has 5 heteroatoms. The van der Waals surface area contributed by atoms with E-state index in [1.165, 1.54) is 0 Å². The van der Waals surface area contributed by atoms with Crippen LogP contribution in [0.3, 0.4) is 0 Å². The number of pyridine rings is 1. The molecule has 0 fully saturated rings. The number of nitrogens with one attached hydrogen (secondary N) is 1. The number of rotatable bonds is 1. The Bertz CT molecular complexity index is 1530. The van der Waals surface area contributed by atoms with Gasteiger partial charge in [-0.05, 0) is 78.9 Å². The van der Waals surface area contributed by atoms with Gasteiger partial charge in [-0.15, -0.1) is 0 Å². The lowest BCUT2D eigenvalue weighted by molar-refractivity contribution is 1.01. The van der Waals surface area contributed by atoms with Crippen LogP contribution in [0.4, 0.5) is 0 Å². The highest BCUT2D eigenvalue weighted by Crippen LogP contribution is 2.28. The Kier molecular flexibility index (Phi) is 3.93. The summed E-state index contributed by atoms with van der Waals surface area (Å²) >= 11 is 0. The zero-order valence-corrected chi connectivity index (χ0v) is 16.9. The van der Waals surface area contributed by atoms with Crippen molar-refractivity contribution in [1.29, 1.82) is 0 Å². The highest BCUT2D eigenvalue weighted by molar-refractivity contribution is 5.87. The van der Waals surface area contributed by atoms with Crippen molar-refractivity contribution >= 4 is 46.4 Å². The Morgan fingerprint density at radius 1 is 0.710 bits per heavy atom. The Labute approximate surface area is 179 Å². The summed E-state index contributed by atoms with van der Waals surface area (Å²) < 4.78 is 2.17. The molecule has 6 heterocycles. The minimum atomic E-state index is 0.912. The molecule has 0 radical (unpaired) electrons. The van der Waals surface area contributed by atoms with Crippen LogP contribution in [0.2, 0.25) is 0 Å². The number of nitrogens with zero attached hydrogens (tertiary/aromatic N) is 4. The van der Waals surface area contributed by atoms with E-state index in [0.717, 1.165) is 56.1 Å². The Morgan fingerprint density at radius 3 is 2.00 bits per heavy atom. The molecule has 0 amide bonds. The van der Waals surface area contributed by atoms with E-state index in [9.17, 15) is 0 Å². The van der Waals surface area contributed by atoms with Crippen LogP contribution in [-0.4, -0.2) is 24.5 Å². The first kappa shape index (κ1) is 17.6. The van der Waals surface area contributed by atoms with Gasteiger partial charge in [-0.3, -0.25) is 4.98 Å². The summed E-state index contributed by atoms with van der Waals surface area (Å²) in [6, 6.07) is 20.6. The molecular formula is C26H19N5. The monoisotopic (exact) mass is 401 g/mol. The van der Waals surface area contributed by atoms with E-state index in [1.54, 1.807) is 0 Å². The second kappa shape index (κ2) is 6.92. The zero-order chi connectivity index (χ0) is 20.8. The lowest BCUT2D eigenvalue weighted by Gasteiger charge is -2.00. The molecule has 0 unspecified atom stereocenters. The van der Waals surface area contributed by atoms with Crippen LogP contribution in [0.15, 0.2) is 66.9 Å². The molecule has 2 aliphatic rings. The number of H-pyrrole nitrogens is 1. The van der Waals surface area contributed by atoms with E-state index in [1.807, 2.05) is 60.8 Å². The third-order valence-electron chi connectivity index (χ3n) is 5.54. The van der Waals surface area contributed by atoms with Gasteiger partial charge in [-0.25, -0.2) is 9.97 Å². The fourth-order valence-electron chi connectivity index (χ4n) is 4.00. The van der Waals surface area contributed by atoms with Crippen molar-refractivity contribution in [3.63, 3.8) is 0 Å². The van der Waals surface area contributed by atoms with Gasteiger partial charge in [0.2, 0.25) is 0 Å². The summed E-state index contributed by atoms with van der Waals surface area (Å²) in [5.41, 5.74) is 9.82. The van der Waals surface area contributed by atoms with Gasteiger partial charge in [0.1, 0.15) is 0 Å². The summed E-state index contributed by atoms with van der Waals surface area (Å²) in [6.45, 7) is 0. The standard InChI is InChI=1S/C26H19N5/c1-31-23-14-21-9-7-19(29-21)12-17-5-6-18(28-17)13-20-8-10-22(30-20)15-26(31)24(16-23)25-4-2-3-11-27-25/h2-16,28H,1H3. The number of hydrogen-bond acceptors (Lipinski definition) is 3. The maximum Gasteiger partial charge on any atom is 0.0723 e. The molecule has 0 aromatic carbocycles. The van der Waals surface area contributed by atoms with Gasteiger partial charge in [-0.1, -0.05) is 6.07 Å². The number of aromatic nitrogens is 5. The first-order valence-electron chi connectivity index (χ1n) is 10.2. The molecule has 5 nitrogen and oxygen atoms in total. The molecule has 0 spiro atoms. The number of aromatic amines is 1. The van der Waals surface area contributed by atoms with E-state index < -0.39 is 0 Å².